The average molecular weight is 545 g/mol. The Hall–Kier alpha value is -5.31. The molecule has 0 N–H and O–H groups in total. The van der Waals surface area contributed by atoms with E-state index in [0.717, 1.165) is 17.9 Å². The van der Waals surface area contributed by atoms with Crippen LogP contribution in [0.5, 0.6) is 5.75 Å². The third-order valence-electron chi connectivity index (χ3n) is 5.27. The molecule has 5 rings (SSSR count). The monoisotopic (exact) mass is 544 g/mol. The lowest BCUT2D eigenvalue weighted by atomic mass is 10.1. The van der Waals surface area contributed by atoms with E-state index in [4.69, 9.17) is 16.7 Å². The molecule has 0 unspecified atom stereocenters. The fourth-order valence-electron chi connectivity index (χ4n) is 3.36. The number of para-hydroxylation sites is 1. The number of aromatic nitrogens is 3. The Morgan fingerprint density at radius 1 is 0.805 bits per heavy atom. The van der Waals surface area contributed by atoms with Gasteiger partial charge in [0.1, 0.15) is 12.4 Å². The van der Waals surface area contributed by atoms with E-state index in [1.165, 1.54) is 24.0 Å². The van der Waals surface area contributed by atoms with Gasteiger partial charge in [0, 0.05) is 11.1 Å². The van der Waals surface area contributed by atoms with Crippen molar-refractivity contribution in [3.8, 4) is 18.1 Å². The van der Waals surface area contributed by atoms with Gasteiger partial charge in [0.2, 0.25) is 0 Å². The van der Waals surface area contributed by atoms with E-state index in [1.54, 1.807) is 10.9 Å². The van der Waals surface area contributed by atoms with Crippen LogP contribution in [-0.2, 0) is 19.5 Å². The minimum Gasteiger partial charge on any atom is -0.481 e. The van der Waals surface area contributed by atoms with Gasteiger partial charge in [-0.1, -0.05) is 139 Å². The fourth-order valence-corrected chi connectivity index (χ4v) is 3.36. The summed E-state index contributed by atoms with van der Waals surface area (Å²) < 4.78 is 6.92. The summed E-state index contributed by atoms with van der Waals surface area (Å²) in [6.07, 6.45) is 11.0. The summed E-state index contributed by atoms with van der Waals surface area (Å²) in [5.41, 5.74) is 11.7. The highest BCUT2D eigenvalue weighted by Crippen LogP contribution is 2.07. The minimum atomic E-state index is 0.337. The molecule has 1 heterocycles. The summed E-state index contributed by atoms with van der Waals surface area (Å²) in [6.45, 7) is 3.77. The Morgan fingerprint density at radius 3 is 1.83 bits per heavy atom. The zero-order valence-electron chi connectivity index (χ0n) is 23.4. The first-order valence-corrected chi connectivity index (χ1v) is 13.3. The van der Waals surface area contributed by atoms with Crippen molar-refractivity contribution >= 4 is 0 Å². The molecule has 1 aromatic heterocycles. The Balaban J connectivity index is 0.000000192. The summed E-state index contributed by atoms with van der Waals surface area (Å²) >= 11 is 0. The van der Waals surface area contributed by atoms with Gasteiger partial charge in [-0.15, -0.1) is 11.5 Å². The molecule has 0 atom stereocenters. The van der Waals surface area contributed by atoms with Gasteiger partial charge in [-0.05, 0) is 40.8 Å². The zero-order chi connectivity index (χ0) is 29.2. The van der Waals surface area contributed by atoms with Crippen molar-refractivity contribution in [1.82, 2.24) is 15.0 Å². The third-order valence-corrected chi connectivity index (χ3v) is 5.27. The quantitative estimate of drug-likeness (QED) is 0.0854. The third kappa shape index (κ3) is 15.6. The minimum absolute atomic E-state index is 0.337. The van der Waals surface area contributed by atoms with Crippen LogP contribution in [0.25, 0.3) is 10.4 Å². The molecule has 7 nitrogen and oxygen atoms in total. The van der Waals surface area contributed by atoms with Crippen molar-refractivity contribution in [2.75, 3.05) is 6.61 Å². The van der Waals surface area contributed by atoms with Crippen LogP contribution in [0.2, 0.25) is 0 Å². The summed E-state index contributed by atoms with van der Waals surface area (Å²) in [6, 6.07) is 39.9. The number of terminal acetylenes is 1. The molecule has 41 heavy (non-hydrogen) atoms. The molecule has 0 spiro atoms. The van der Waals surface area contributed by atoms with Crippen LogP contribution < -0.4 is 4.74 Å². The topological polar surface area (TPSA) is 88.7 Å². The van der Waals surface area contributed by atoms with E-state index >= 15 is 0 Å². The summed E-state index contributed by atoms with van der Waals surface area (Å²) in [5, 5.41) is 11.0. The van der Waals surface area contributed by atoms with Gasteiger partial charge < -0.3 is 4.74 Å². The molecular formula is C34H36N6O. The molecule has 0 bridgehead atoms. The molecule has 5 aromatic rings. The van der Waals surface area contributed by atoms with E-state index < -0.39 is 0 Å². The molecule has 0 amide bonds. The second-order valence-corrected chi connectivity index (χ2v) is 8.50. The van der Waals surface area contributed by atoms with Crippen molar-refractivity contribution in [1.29, 1.82) is 0 Å². The molecule has 0 aliphatic heterocycles. The molecule has 0 radical (unpaired) electrons. The lowest BCUT2D eigenvalue weighted by Gasteiger charge is -1.98. The van der Waals surface area contributed by atoms with Crippen molar-refractivity contribution < 1.29 is 4.74 Å². The number of hydrogen-bond acceptors (Lipinski definition) is 4. The second-order valence-electron chi connectivity index (χ2n) is 8.50. The van der Waals surface area contributed by atoms with Gasteiger partial charge >= 0.3 is 0 Å². The van der Waals surface area contributed by atoms with Crippen LogP contribution >= 0.6 is 0 Å². The smallest absolute Gasteiger partial charge is 0.148 e. The van der Waals surface area contributed by atoms with Gasteiger partial charge in [0.05, 0.1) is 19.3 Å². The summed E-state index contributed by atoms with van der Waals surface area (Å²) in [4.78, 5) is 2.66. The first kappa shape index (κ1) is 31.9. The predicted octanol–water partition coefficient (Wildman–Crippen LogP) is 8.16. The van der Waals surface area contributed by atoms with E-state index in [2.05, 4.69) is 75.6 Å². The number of ether oxygens (including phenoxy) is 1. The highest BCUT2D eigenvalue weighted by Gasteiger charge is 1.92. The fraction of sp³-hybridized carbons (Fsp3) is 0.176. The lowest BCUT2D eigenvalue weighted by molar-refractivity contribution is 0.370. The molecular weight excluding hydrogens is 508 g/mol. The maximum Gasteiger partial charge on any atom is 0.148 e. The van der Waals surface area contributed by atoms with Crippen LogP contribution in [-0.4, -0.2) is 21.6 Å². The molecule has 0 aliphatic carbocycles. The second kappa shape index (κ2) is 21.6. The number of nitrogens with zero attached hydrogens (tertiary/aromatic N) is 6. The molecule has 0 aliphatic rings. The van der Waals surface area contributed by atoms with E-state index in [0.29, 0.717) is 13.2 Å². The lowest BCUT2D eigenvalue weighted by Crippen LogP contribution is -1.99. The SMILES string of the molecule is C#CCOc1ccccc1.CCCc1ccccc1.[N-]=[N+]=NCc1ccccc1.c1ccc(Cn2ccnn2)cc1. The number of aryl methyl sites for hydroxylation is 1. The Labute approximate surface area is 243 Å². The van der Waals surface area contributed by atoms with E-state index in [9.17, 15) is 0 Å². The molecule has 0 saturated heterocycles. The number of azide groups is 1. The van der Waals surface area contributed by atoms with E-state index in [1.807, 2.05) is 85.1 Å². The average Bonchev–Trinajstić information content (AvgIpc) is 3.55. The van der Waals surface area contributed by atoms with Gasteiger partial charge in [-0.25, -0.2) is 4.68 Å². The number of benzene rings is 4. The largest absolute Gasteiger partial charge is 0.481 e. The van der Waals surface area contributed by atoms with Crippen molar-refractivity contribution in [2.45, 2.75) is 32.9 Å². The van der Waals surface area contributed by atoms with Crippen LogP contribution in [0.3, 0.4) is 0 Å². The van der Waals surface area contributed by atoms with Crippen LogP contribution in [0, 0.1) is 12.3 Å². The van der Waals surface area contributed by atoms with E-state index in [-0.39, 0.29) is 0 Å². The number of hydrogen-bond donors (Lipinski definition) is 0. The maximum absolute atomic E-state index is 7.99. The normalized spacial score (nSPS) is 9.07. The standard InChI is InChI=1S/C9H9N3.C9H8O.C9H12.C7H7N3/c1-2-4-9(5-3-1)8-12-7-6-10-11-12;1-2-8-10-9-6-4-3-5-7-9;1-2-6-9-7-4-3-5-8-9;8-10-9-6-7-4-2-1-3-5-7/h1-7H,8H2;1,3-7H,8H2;3-5,7-8H,2,6H2,1H3;1-5H,6H2. The van der Waals surface area contributed by atoms with Crippen LogP contribution in [0.4, 0.5) is 0 Å². The molecule has 0 saturated carbocycles. The highest BCUT2D eigenvalue weighted by molar-refractivity contribution is 5.21. The van der Waals surface area contributed by atoms with Gasteiger partial charge in [-0.3, -0.25) is 0 Å². The first-order chi connectivity index (χ1) is 20.2. The summed E-state index contributed by atoms with van der Waals surface area (Å²) in [7, 11) is 0. The van der Waals surface area contributed by atoms with Crippen LogP contribution in [0.1, 0.15) is 30.0 Å². The molecule has 7 heteroatoms. The van der Waals surface area contributed by atoms with Crippen LogP contribution in [0.15, 0.2) is 139 Å². The molecule has 0 fully saturated rings. The Kier molecular flexibility index (Phi) is 16.8. The predicted molar refractivity (Wildman–Crippen MR) is 166 cm³/mol. The van der Waals surface area contributed by atoms with Gasteiger partial charge in [-0.2, -0.15) is 0 Å². The van der Waals surface area contributed by atoms with Gasteiger partial charge in [0.25, 0.3) is 0 Å². The molecule has 208 valence electrons. The highest BCUT2D eigenvalue weighted by atomic mass is 16.5. The Bertz CT molecular complexity index is 1380. The maximum atomic E-state index is 7.99. The Morgan fingerprint density at radius 2 is 1.34 bits per heavy atom. The van der Waals surface area contributed by atoms with Gasteiger partial charge in [0.15, 0.2) is 0 Å². The summed E-state index contributed by atoms with van der Waals surface area (Å²) in [5.74, 6) is 3.21. The number of rotatable bonds is 8. The zero-order valence-corrected chi connectivity index (χ0v) is 23.4. The molecule has 4 aromatic carbocycles. The first-order valence-electron chi connectivity index (χ1n) is 13.3. The van der Waals surface area contributed by atoms with Crippen molar-refractivity contribution in [3.63, 3.8) is 0 Å². The van der Waals surface area contributed by atoms with Crippen molar-refractivity contribution in [3.05, 3.63) is 161 Å². The van der Waals surface area contributed by atoms with Crippen molar-refractivity contribution in [2.24, 2.45) is 5.11 Å².